The Bertz CT molecular complexity index is 2840. The maximum absolute atomic E-state index is 12.8. The van der Waals surface area contributed by atoms with Crippen molar-refractivity contribution in [2.45, 2.75) is 62.5 Å². The number of nitrogens with one attached hydrogen (secondary N) is 3. The smallest absolute Gasteiger partial charge is 0.412 e. The lowest BCUT2D eigenvalue weighted by atomic mass is 10.1. The number of carboxylic acids is 1. The van der Waals surface area contributed by atoms with Crippen LogP contribution in [0.1, 0.15) is 62.3 Å². The second-order valence-electron chi connectivity index (χ2n) is 15.7. The summed E-state index contributed by atoms with van der Waals surface area (Å²) in [6.07, 6.45) is -1.16. The number of anilines is 4. The van der Waals surface area contributed by atoms with Crippen LogP contribution in [0.2, 0.25) is 0 Å². The average molecular weight is 965 g/mol. The summed E-state index contributed by atoms with van der Waals surface area (Å²) >= 11 is 3.18. The van der Waals surface area contributed by atoms with E-state index in [1.54, 1.807) is 50.3 Å². The van der Waals surface area contributed by atoms with Crippen LogP contribution in [0.5, 0.6) is 0 Å². The van der Waals surface area contributed by atoms with Crippen molar-refractivity contribution in [1.82, 2.24) is 0 Å². The highest BCUT2D eigenvalue weighted by molar-refractivity contribution is 7.89. The first-order chi connectivity index (χ1) is 30.2. The van der Waals surface area contributed by atoms with Gasteiger partial charge in [-0.1, -0.05) is 24.3 Å². The molecule has 0 aliphatic heterocycles. The summed E-state index contributed by atoms with van der Waals surface area (Å²) in [5.74, 6) is -1.59. The minimum atomic E-state index is -3.86. The van der Waals surface area contributed by atoms with Gasteiger partial charge in [-0.2, -0.15) is 0 Å². The zero-order valence-electron chi connectivity index (χ0n) is 35.9. The number of nitrogen functional groups attached to an aromatic ring is 1. The van der Waals surface area contributed by atoms with Crippen LogP contribution in [0, 0.1) is 0 Å². The number of carbonyl (C=O) groups excluding carboxylic acids is 3. The largest absolute Gasteiger partial charge is 0.478 e. The number of nitrogens with two attached hydrogens (primary N) is 3. The summed E-state index contributed by atoms with van der Waals surface area (Å²) in [7, 11) is -7.60. The van der Waals surface area contributed by atoms with Crippen molar-refractivity contribution in [1.29, 1.82) is 0 Å². The van der Waals surface area contributed by atoms with Crippen molar-refractivity contribution in [2.24, 2.45) is 10.3 Å². The summed E-state index contributed by atoms with van der Waals surface area (Å²) in [4.78, 5) is 49.1. The third kappa shape index (κ3) is 16.5. The minimum Gasteiger partial charge on any atom is -0.478 e. The van der Waals surface area contributed by atoms with Crippen LogP contribution in [-0.2, 0) is 29.5 Å². The molecule has 0 atom stereocenters. The summed E-state index contributed by atoms with van der Waals surface area (Å²) < 4.78 is 54.8. The van der Waals surface area contributed by atoms with Crippen LogP contribution in [0.3, 0.4) is 0 Å². The molecule has 21 heteroatoms. The summed E-state index contributed by atoms with van der Waals surface area (Å²) in [5.41, 5.74) is 8.68. The molecule has 0 saturated heterocycles. The van der Waals surface area contributed by atoms with Gasteiger partial charge in [0.1, 0.15) is 11.2 Å². The molecule has 3 amide bonds. The van der Waals surface area contributed by atoms with E-state index in [-0.39, 0.29) is 20.9 Å². The second-order valence-corrected chi connectivity index (χ2v) is 20.7. The second kappa shape index (κ2) is 21.4. The molecule has 2 aromatic heterocycles. The first kappa shape index (κ1) is 51.0. The number of sulfonamides is 2. The lowest BCUT2D eigenvalue weighted by Gasteiger charge is -2.21. The topological polar surface area (TPSA) is 289 Å². The highest BCUT2D eigenvalue weighted by Crippen LogP contribution is 2.33. The zero-order chi connectivity index (χ0) is 48.3. The lowest BCUT2D eigenvalue weighted by Crippen LogP contribution is -2.27. The molecule has 344 valence electrons. The Labute approximate surface area is 384 Å². The Morgan fingerprint density at radius 3 is 1.35 bits per heavy atom. The van der Waals surface area contributed by atoms with Gasteiger partial charge in [-0.15, -0.1) is 22.7 Å². The number of amides is 3. The van der Waals surface area contributed by atoms with Crippen molar-refractivity contribution in [3.63, 3.8) is 0 Å². The summed E-state index contributed by atoms with van der Waals surface area (Å²) in [6.45, 7) is 10.7. The molecule has 0 unspecified atom stereocenters. The minimum absolute atomic E-state index is 0.0207. The van der Waals surface area contributed by atoms with E-state index in [4.69, 9.17) is 30.6 Å². The molecule has 0 fully saturated rings. The van der Waals surface area contributed by atoms with E-state index in [0.29, 0.717) is 22.7 Å². The number of benzene rings is 4. The van der Waals surface area contributed by atoms with Crippen LogP contribution in [0.25, 0.3) is 20.9 Å². The van der Waals surface area contributed by atoms with Gasteiger partial charge >= 0.3 is 18.2 Å². The van der Waals surface area contributed by atoms with Gasteiger partial charge in [0.15, 0.2) is 0 Å². The van der Waals surface area contributed by atoms with Crippen LogP contribution >= 0.6 is 22.7 Å². The van der Waals surface area contributed by atoms with Gasteiger partial charge < -0.3 is 25.6 Å². The maximum Gasteiger partial charge on any atom is 0.412 e. The Morgan fingerprint density at radius 1 is 0.554 bits per heavy atom. The summed E-state index contributed by atoms with van der Waals surface area (Å²) in [5, 5.41) is 30.4. The highest BCUT2D eigenvalue weighted by atomic mass is 32.2. The molecule has 0 aliphatic carbocycles. The van der Waals surface area contributed by atoms with Gasteiger partial charge in [-0.25, -0.2) is 41.5 Å². The Morgan fingerprint density at radius 2 is 0.969 bits per heavy atom. The van der Waals surface area contributed by atoms with E-state index in [1.807, 2.05) is 74.0 Å². The Kier molecular flexibility index (Phi) is 16.8. The monoisotopic (exact) mass is 964 g/mol. The molecule has 10 N–H and O–H groups in total. The van der Waals surface area contributed by atoms with Gasteiger partial charge in [0, 0.05) is 15.3 Å². The van der Waals surface area contributed by atoms with Crippen LogP contribution in [0.4, 0.5) is 32.3 Å². The zero-order valence-corrected chi connectivity index (χ0v) is 39.2. The lowest BCUT2D eigenvalue weighted by molar-refractivity contribution is 0.0624. The van der Waals surface area contributed by atoms with E-state index in [9.17, 15) is 36.0 Å². The Hall–Kier alpha value is -6.62. The number of thiophene rings is 2. The first-order valence-electron chi connectivity index (χ1n) is 19.1. The molecule has 0 spiro atoms. The first-order valence-corrected chi connectivity index (χ1v) is 24.0. The molecule has 6 aromatic rings. The third-order valence-corrected chi connectivity index (χ3v) is 11.8. The van der Waals surface area contributed by atoms with Crippen LogP contribution in [0.15, 0.2) is 130 Å². The number of primary sulfonamides is 2. The normalized spacial score (nSPS) is 11.4. The number of rotatable bonds is 9. The highest BCUT2D eigenvalue weighted by Gasteiger charge is 2.20. The number of aromatic carboxylic acids is 1. The molecule has 65 heavy (non-hydrogen) atoms. The molecular weight excluding hydrogens is 917 g/mol. The van der Waals surface area contributed by atoms with Gasteiger partial charge in [0.05, 0.1) is 38.1 Å². The van der Waals surface area contributed by atoms with E-state index >= 15 is 0 Å². The molecule has 2 heterocycles. The van der Waals surface area contributed by atoms with Crippen LogP contribution < -0.4 is 32.0 Å². The van der Waals surface area contributed by atoms with E-state index in [2.05, 4.69) is 16.0 Å². The number of hydrogen-bond donors (Lipinski definition) is 7. The average Bonchev–Trinajstić information content (AvgIpc) is 3.94. The van der Waals surface area contributed by atoms with Crippen molar-refractivity contribution in [3.8, 4) is 20.9 Å². The molecule has 6 rings (SSSR count). The van der Waals surface area contributed by atoms with E-state index in [0.717, 1.165) is 33.0 Å². The van der Waals surface area contributed by atoms with Crippen LogP contribution in [-0.4, -0.2) is 57.2 Å². The SMILES string of the molecule is CC(C)(C)OC(=O)Nc1ccc(-c2cccs2)cc1N.CC(C)(C)OC(=O)Nc1ccc(-c2cccs2)cc1NC(=O)c1ccc(S(N)(=O)=O)cc1.NS(=O)(=O)c1ccc(C(=O)O)cc1. The fourth-order valence-corrected chi connectivity index (χ4v) is 7.71. The summed E-state index contributed by atoms with van der Waals surface area (Å²) in [6, 6.07) is 28.6. The molecule has 0 bridgehead atoms. The molecular formula is C44H48N6O11S4. The fraction of sp³-hybridized carbons (Fsp3) is 0.182. The van der Waals surface area contributed by atoms with Gasteiger partial charge in [0.25, 0.3) is 5.91 Å². The molecule has 4 aromatic carbocycles. The standard InChI is InChI=1S/C22H23N3O5S2.C15H18N2O2S.C7H7NO4S/c1-22(2,3)30-21(27)25-17-11-8-15(19-5-4-12-31-19)13-18(17)24-20(26)14-6-9-16(10-7-14)32(23,28)29;1-15(2,3)19-14(18)17-12-7-6-10(9-11(12)16)13-5-4-8-20-13;8-13(11,12)6-3-1-5(2-4-6)7(9)10/h4-13H,1-3H3,(H,24,26)(H,25,27)(H2,23,28,29);4-9H,16H2,1-3H3,(H,17,18);1-4H,(H,9,10)(H2,8,11,12). The van der Waals surface area contributed by atoms with Gasteiger partial charge in [-0.05, 0) is 148 Å². The Balaban J connectivity index is 0.000000238. The van der Waals surface area contributed by atoms with Crippen molar-refractivity contribution in [2.75, 3.05) is 21.7 Å². The van der Waals surface area contributed by atoms with Crippen molar-refractivity contribution >= 4 is 89.5 Å². The number of hydrogen-bond acceptors (Lipinski definition) is 13. The van der Waals surface area contributed by atoms with E-state index < -0.39 is 55.3 Å². The predicted octanol–water partition coefficient (Wildman–Crippen LogP) is 9.04. The third-order valence-electron chi connectivity index (χ3n) is 8.08. The molecule has 17 nitrogen and oxygen atoms in total. The number of carbonyl (C=O) groups is 4. The maximum atomic E-state index is 12.8. The number of carboxylic acid groups (broad SMARTS) is 1. The molecule has 0 radical (unpaired) electrons. The molecule has 0 saturated carbocycles. The van der Waals surface area contributed by atoms with Gasteiger partial charge in [0.2, 0.25) is 20.0 Å². The predicted molar refractivity (Wildman–Crippen MR) is 254 cm³/mol. The van der Waals surface area contributed by atoms with Gasteiger partial charge in [-0.3, -0.25) is 15.4 Å². The quantitative estimate of drug-likeness (QED) is 0.0668. The fourth-order valence-electron chi connectivity index (χ4n) is 5.23. The van der Waals surface area contributed by atoms with E-state index in [1.165, 1.54) is 47.7 Å². The molecule has 0 aliphatic rings. The number of ether oxygens (including phenoxy) is 2. The van der Waals surface area contributed by atoms with Crippen molar-refractivity contribution < 1.29 is 50.6 Å². The van der Waals surface area contributed by atoms with Crippen molar-refractivity contribution in [3.05, 3.63) is 131 Å².